The summed E-state index contributed by atoms with van der Waals surface area (Å²) in [5, 5.41) is 4.98. The Kier molecular flexibility index (Phi) is 4.39. The average Bonchev–Trinajstić information content (AvgIpc) is 2.88. The number of thiophene rings is 1. The smallest absolute Gasteiger partial charge is 0.348 e. The minimum atomic E-state index is -0.391. The van der Waals surface area contributed by atoms with E-state index < -0.39 is 5.97 Å². The molecular formula is C15H11Cl2N3O2S. The first-order valence-electron chi connectivity index (χ1n) is 6.55. The summed E-state index contributed by atoms with van der Waals surface area (Å²) in [6.07, 6.45) is 1.43. The molecule has 2 heterocycles. The van der Waals surface area contributed by atoms with Gasteiger partial charge in [-0.2, -0.15) is 0 Å². The number of hydrogen-bond acceptors (Lipinski definition) is 6. The molecular weight excluding hydrogens is 357 g/mol. The second-order valence-corrected chi connectivity index (χ2v) is 6.54. The Labute approximate surface area is 146 Å². The lowest BCUT2D eigenvalue weighted by Crippen LogP contribution is -2.00. The van der Waals surface area contributed by atoms with E-state index in [1.54, 1.807) is 18.2 Å². The van der Waals surface area contributed by atoms with E-state index in [0.717, 1.165) is 10.9 Å². The molecule has 1 aromatic carbocycles. The van der Waals surface area contributed by atoms with Crippen molar-refractivity contribution in [3.63, 3.8) is 0 Å². The number of aromatic nitrogens is 2. The quantitative estimate of drug-likeness (QED) is 0.671. The Morgan fingerprint density at radius 2 is 2.09 bits per heavy atom. The van der Waals surface area contributed by atoms with Crippen molar-refractivity contribution in [2.24, 2.45) is 0 Å². The summed E-state index contributed by atoms with van der Waals surface area (Å²) in [4.78, 5) is 21.5. The van der Waals surface area contributed by atoms with Crippen molar-refractivity contribution in [1.82, 2.24) is 9.97 Å². The largest absolute Gasteiger partial charge is 0.465 e. The molecule has 0 saturated heterocycles. The van der Waals surface area contributed by atoms with E-state index in [1.165, 1.54) is 24.8 Å². The Balaban J connectivity index is 2.13. The number of carbonyl (C=O) groups excluding carboxylic acids is 1. The molecule has 5 nitrogen and oxygen atoms in total. The fourth-order valence-corrected chi connectivity index (χ4v) is 3.58. The lowest BCUT2D eigenvalue weighted by molar-refractivity contribution is 0.0605. The van der Waals surface area contributed by atoms with Crippen molar-refractivity contribution in [2.45, 2.75) is 6.92 Å². The van der Waals surface area contributed by atoms with Gasteiger partial charge >= 0.3 is 5.97 Å². The molecule has 3 aromatic rings. The summed E-state index contributed by atoms with van der Waals surface area (Å²) in [5.41, 5.74) is 1.39. The maximum Gasteiger partial charge on any atom is 0.348 e. The predicted molar refractivity (Wildman–Crippen MR) is 93.2 cm³/mol. The van der Waals surface area contributed by atoms with Crippen LogP contribution in [0.1, 0.15) is 15.2 Å². The van der Waals surface area contributed by atoms with Crippen LogP contribution in [-0.4, -0.2) is 23.0 Å². The third kappa shape index (κ3) is 2.97. The van der Waals surface area contributed by atoms with Crippen molar-refractivity contribution < 1.29 is 9.53 Å². The van der Waals surface area contributed by atoms with Gasteiger partial charge in [0.1, 0.15) is 21.9 Å². The Bertz CT molecular complexity index is 911. The van der Waals surface area contributed by atoms with Gasteiger partial charge < -0.3 is 10.1 Å². The number of hydrogen-bond donors (Lipinski definition) is 1. The van der Waals surface area contributed by atoms with Crippen molar-refractivity contribution in [3.05, 3.63) is 45.0 Å². The fourth-order valence-electron chi connectivity index (χ4n) is 2.17. The van der Waals surface area contributed by atoms with E-state index in [9.17, 15) is 4.79 Å². The van der Waals surface area contributed by atoms with Gasteiger partial charge in [-0.05, 0) is 30.7 Å². The predicted octanol–water partition coefficient (Wildman–Crippen LogP) is 4.84. The first kappa shape index (κ1) is 16.0. The monoisotopic (exact) mass is 367 g/mol. The van der Waals surface area contributed by atoms with Crippen LogP contribution in [0.25, 0.3) is 10.2 Å². The Morgan fingerprint density at radius 1 is 1.30 bits per heavy atom. The number of aryl methyl sites for hydroxylation is 1. The summed E-state index contributed by atoms with van der Waals surface area (Å²) in [6.45, 7) is 1.83. The standard InChI is InChI=1S/C15H11Cl2N3O2S/c1-7-11-13(20-10-5-8(16)3-4-9(10)17)18-6-19-14(11)23-12(7)15(21)22-2/h3-6H,1-2H3,(H,18,19,20). The highest BCUT2D eigenvalue weighted by atomic mass is 35.5. The average molecular weight is 368 g/mol. The van der Waals surface area contributed by atoms with Gasteiger partial charge in [-0.1, -0.05) is 23.2 Å². The normalized spacial score (nSPS) is 10.8. The van der Waals surface area contributed by atoms with E-state index in [-0.39, 0.29) is 0 Å². The molecule has 0 atom stereocenters. The topological polar surface area (TPSA) is 64.1 Å². The molecule has 0 radical (unpaired) electrons. The zero-order valence-corrected chi connectivity index (χ0v) is 14.5. The van der Waals surface area contributed by atoms with Crippen LogP contribution in [0.5, 0.6) is 0 Å². The molecule has 0 aliphatic rings. The van der Waals surface area contributed by atoms with Crippen LogP contribution in [0.4, 0.5) is 11.5 Å². The van der Waals surface area contributed by atoms with Gasteiger partial charge in [0.25, 0.3) is 0 Å². The van der Waals surface area contributed by atoms with Crippen molar-refractivity contribution in [1.29, 1.82) is 0 Å². The molecule has 0 unspecified atom stereocenters. The molecule has 0 spiro atoms. The summed E-state index contributed by atoms with van der Waals surface area (Å²) in [7, 11) is 1.35. The Hall–Kier alpha value is -1.89. The number of benzene rings is 1. The molecule has 3 rings (SSSR count). The number of methoxy groups -OCH3 is 1. The molecule has 0 aliphatic heterocycles. The van der Waals surface area contributed by atoms with Crippen LogP contribution in [-0.2, 0) is 4.74 Å². The molecule has 8 heteroatoms. The van der Waals surface area contributed by atoms with Crippen molar-refractivity contribution in [2.75, 3.05) is 12.4 Å². The number of nitrogens with zero attached hydrogens (tertiary/aromatic N) is 2. The third-order valence-electron chi connectivity index (χ3n) is 3.28. The fraction of sp³-hybridized carbons (Fsp3) is 0.133. The van der Waals surface area contributed by atoms with Gasteiger partial charge in [0.05, 0.1) is 23.2 Å². The van der Waals surface area contributed by atoms with Crippen molar-refractivity contribution >= 4 is 62.2 Å². The van der Waals surface area contributed by atoms with Crippen LogP contribution in [0.2, 0.25) is 10.0 Å². The number of fused-ring (bicyclic) bond motifs is 1. The molecule has 0 fully saturated rings. The first-order chi connectivity index (χ1) is 11.0. The van der Waals surface area contributed by atoms with Crippen molar-refractivity contribution in [3.8, 4) is 0 Å². The number of halogens is 2. The number of ether oxygens (including phenoxy) is 1. The second-order valence-electron chi connectivity index (χ2n) is 4.70. The molecule has 1 N–H and O–H groups in total. The summed E-state index contributed by atoms with van der Waals surface area (Å²) >= 11 is 13.4. The van der Waals surface area contributed by atoms with E-state index in [1.807, 2.05) is 6.92 Å². The lowest BCUT2D eigenvalue weighted by atomic mass is 10.2. The van der Waals surface area contributed by atoms with Gasteiger partial charge in [-0.15, -0.1) is 11.3 Å². The van der Waals surface area contributed by atoms with Gasteiger partial charge in [0, 0.05) is 5.02 Å². The van der Waals surface area contributed by atoms with Crippen LogP contribution in [0, 0.1) is 6.92 Å². The number of nitrogens with one attached hydrogen (secondary N) is 1. The van der Waals surface area contributed by atoms with Gasteiger partial charge in [-0.3, -0.25) is 0 Å². The summed E-state index contributed by atoms with van der Waals surface area (Å²) in [6, 6.07) is 5.11. The molecule has 0 bridgehead atoms. The lowest BCUT2D eigenvalue weighted by Gasteiger charge is -2.09. The molecule has 0 saturated carbocycles. The van der Waals surface area contributed by atoms with Crippen LogP contribution < -0.4 is 5.32 Å². The maximum atomic E-state index is 11.9. The highest BCUT2D eigenvalue weighted by molar-refractivity contribution is 7.20. The van der Waals surface area contributed by atoms with E-state index in [4.69, 9.17) is 27.9 Å². The van der Waals surface area contributed by atoms with Crippen LogP contribution in [0.15, 0.2) is 24.5 Å². The molecule has 23 heavy (non-hydrogen) atoms. The van der Waals surface area contributed by atoms with Gasteiger partial charge in [0.2, 0.25) is 0 Å². The van der Waals surface area contributed by atoms with Gasteiger partial charge in [0.15, 0.2) is 0 Å². The first-order valence-corrected chi connectivity index (χ1v) is 8.13. The summed E-state index contributed by atoms with van der Waals surface area (Å²) < 4.78 is 4.80. The van der Waals surface area contributed by atoms with Gasteiger partial charge in [-0.25, -0.2) is 14.8 Å². The number of esters is 1. The highest BCUT2D eigenvalue weighted by Crippen LogP contribution is 2.36. The SMILES string of the molecule is COC(=O)c1sc2ncnc(Nc3cc(Cl)ccc3Cl)c2c1C. The zero-order chi connectivity index (χ0) is 16.6. The highest BCUT2D eigenvalue weighted by Gasteiger charge is 2.20. The molecule has 2 aromatic heterocycles. The van der Waals surface area contributed by atoms with E-state index in [0.29, 0.717) is 31.3 Å². The minimum absolute atomic E-state index is 0.391. The van der Waals surface area contributed by atoms with Crippen LogP contribution in [0.3, 0.4) is 0 Å². The van der Waals surface area contributed by atoms with Crippen LogP contribution >= 0.6 is 34.5 Å². The minimum Gasteiger partial charge on any atom is -0.465 e. The maximum absolute atomic E-state index is 11.9. The molecule has 0 aliphatic carbocycles. The molecule has 0 amide bonds. The van der Waals surface area contributed by atoms with E-state index >= 15 is 0 Å². The third-order valence-corrected chi connectivity index (χ3v) is 5.02. The molecule has 118 valence electrons. The number of anilines is 2. The zero-order valence-electron chi connectivity index (χ0n) is 12.2. The summed E-state index contributed by atoms with van der Waals surface area (Å²) in [5.74, 6) is 0.167. The van der Waals surface area contributed by atoms with E-state index in [2.05, 4.69) is 15.3 Å². The number of rotatable bonds is 3. The second kappa shape index (κ2) is 6.31. The number of carbonyl (C=O) groups is 1. The Morgan fingerprint density at radius 3 is 2.83 bits per heavy atom.